The second-order valence-corrected chi connectivity index (χ2v) is 6.77. The summed E-state index contributed by atoms with van der Waals surface area (Å²) in [4.78, 5) is 4.92. The average Bonchev–Trinajstić information content (AvgIpc) is 2.61. The van der Waals surface area contributed by atoms with Gasteiger partial charge in [0.05, 0.1) is 5.69 Å². The van der Waals surface area contributed by atoms with Crippen LogP contribution in [0.5, 0.6) is 0 Å². The number of aliphatic imine (C=N–C) groups is 1. The lowest BCUT2D eigenvalue weighted by atomic mass is 10.1. The highest BCUT2D eigenvalue weighted by atomic mass is 79.9. The average molecular weight is 408 g/mol. The largest absolute Gasteiger partial charge is 0.241 e. The van der Waals surface area contributed by atoms with Gasteiger partial charge < -0.3 is 0 Å². The van der Waals surface area contributed by atoms with Crippen molar-refractivity contribution in [1.82, 2.24) is 0 Å². The molecular formula is C21H30BrNS. The number of hydrogen-bond donors (Lipinski definition) is 0. The van der Waals surface area contributed by atoms with Crippen LogP contribution in [0.4, 0.5) is 5.69 Å². The summed E-state index contributed by atoms with van der Waals surface area (Å²) >= 11 is 5.31. The number of aryl methyl sites for hydroxylation is 2. The Morgan fingerprint density at radius 3 is 2.00 bits per heavy atom. The second-order valence-electron chi connectivity index (χ2n) is 4.60. The summed E-state index contributed by atoms with van der Waals surface area (Å²) < 4.78 is 1.08. The molecule has 0 unspecified atom stereocenters. The molecule has 0 radical (unpaired) electrons. The van der Waals surface area contributed by atoms with Crippen LogP contribution in [-0.4, -0.2) is 10.8 Å². The molecule has 2 aromatic rings. The van der Waals surface area contributed by atoms with Crippen molar-refractivity contribution < 1.29 is 0 Å². The van der Waals surface area contributed by atoms with Crippen molar-refractivity contribution in [3.05, 3.63) is 63.6 Å². The van der Waals surface area contributed by atoms with Crippen LogP contribution in [-0.2, 0) is 0 Å². The molecule has 0 spiro atoms. The minimum Gasteiger partial charge on any atom is -0.241 e. The number of rotatable bonds is 3. The number of nitrogens with zero attached hydrogens (tertiary/aromatic N) is 1. The first-order chi connectivity index (χ1) is 11.6. The molecule has 0 fully saturated rings. The second kappa shape index (κ2) is 13.3. The smallest absolute Gasteiger partial charge is 0.104 e. The number of thioether (sulfide) groups is 1. The zero-order valence-corrected chi connectivity index (χ0v) is 18.4. The highest BCUT2D eigenvalue weighted by Gasteiger charge is 2.07. The number of hydrogen-bond acceptors (Lipinski definition) is 2. The standard InChI is InChI=1S/C17H18BrNS.2C2H6/c1-4-20-17(14-9-6-10-15(18)11-14)19-16-12(2)7-5-8-13(16)3;2*1-2/h5-11H,4H2,1-3H3;2*1-2H3. The summed E-state index contributed by atoms with van der Waals surface area (Å²) in [5.74, 6) is 1.01. The molecule has 1 nitrogen and oxygen atoms in total. The van der Waals surface area contributed by atoms with Gasteiger partial charge in [0.15, 0.2) is 0 Å². The highest BCUT2D eigenvalue weighted by molar-refractivity contribution is 9.10. The van der Waals surface area contributed by atoms with Crippen LogP contribution >= 0.6 is 27.7 Å². The third kappa shape index (κ3) is 7.23. The minimum absolute atomic E-state index is 1.01. The van der Waals surface area contributed by atoms with Crippen LogP contribution in [0.15, 0.2) is 51.9 Å². The molecule has 0 aliphatic rings. The summed E-state index contributed by atoms with van der Waals surface area (Å²) in [6.07, 6.45) is 0. The molecular weight excluding hydrogens is 378 g/mol. The quantitative estimate of drug-likeness (QED) is 0.371. The Morgan fingerprint density at radius 1 is 0.958 bits per heavy atom. The Balaban J connectivity index is 0.00000123. The molecule has 3 heteroatoms. The highest BCUT2D eigenvalue weighted by Crippen LogP contribution is 2.27. The van der Waals surface area contributed by atoms with Crippen LogP contribution in [0.1, 0.15) is 51.3 Å². The lowest BCUT2D eigenvalue weighted by molar-refractivity contribution is 1.33. The molecule has 0 atom stereocenters. The predicted molar refractivity (Wildman–Crippen MR) is 117 cm³/mol. The summed E-state index contributed by atoms with van der Waals surface area (Å²) in [6.45, 7) is 14.4. The van der Waals surface area contributed by atoms with E-state index < -0.39 is 0 Å². The molecule has 0 amide bonds. The van der Waals surface area contributed by atoms with Crippen molar-refractivity contribution >= 4 is 38.4 Å². The molecule has 132 valence electrons. The maximum Gasteiger partial charge on any atom is 0.104 e. The molecule has 0 aliphatic carbocycles. The maximum atomic E-state index is 4.92. The van der Waals surface area contributed by atoms with Gasteiger partial charge in [-0.2, -0.15) is 0 Å². The lowest BCUT2D eigenvalue weighted by Gasteiger charge is -2.09. The van der Waals surface area contributed by atoms with Gasteiger partial charge in [-0.05, 0) is 42.9 Å². The molecule has 0 saturated heterocycles. The Labute approximate surface area is 161 Å². The van der Waals surface area contributed by atoms with Crippen molar-refractivity contribution in [2.75, 3.05) is 5.75 Å². The van der Waals surface area contributed by atoms with Gasteiger partial charge in [-0.3, -0.25) is 0 Å². The van der Waals surface area contributed by atoms with E-state index in [0.29, 0.717) is 0 Å². The Morgan fingerprint density at radius 2 is 1.50 bits per heavy atom. The number of para-hydroxylation sites is 1. The van der Waals surface area contributed by atoms with Crippen LogP contribution < -0.4 is 0 Å². The first kappa shape index (κ1) is 22.9. The van der Waals surface area contributed by atoms with E-state index in [9.17, 15) is 0 Å². The normalized spacial score (nSPS) is 10.2. The van der Waals surface area contributed by atoms with E-state index in [4.69, 9.17) is 4.99 Å². The van der Waals surface area contributed by atoms with Crippen LogP contribution in [0.25, 0.3) is 0 Å². The Hall–Kier alpha value is -1.06. The van der Waals surface area contributed by atoms with Gasteiger partial charge in [0.2, 0.25) is 0 Å². The molecule has 0 saturated carbocycles. The van der Waals surface area contributed by atoms with Gasteiger partial charge in [-0.15, -0.1) is 11.8 Å². The monoisotopic (exact) mass is 407 g/mol. The van der Waals surface area contributed by atoms with Crippen LogP contribution in [0, 0.1) is 13.8 Å². The molecule has 2 aromatic carbocycles. The number of benzene rings is 2. The predicted octanol–water partition coefficient (Wildman–Crippen LogP) is 7.95. The third-order valence-corrected chi connectivity index (χ3v) is 4.39. The fourth-order valence-electron chi connectivity index (χ4n) is 2.02. The van der Waals surface area contributed by atoms with Gasteiger partial charge >= 0.3 is 0 Å². The topological polar surface area (TPSA) is 12.4 Å². The van der Waals surface area contributed by atoms with Gasteiger partial charge in [-0.1, -0.05) is 80.9 Å². The van der Waals surface area contributed by atoms with Crippen molar-refractivity contribution in [3.63, 3.8) is 0 Å². The van der Waals surface area contributed by atoms with Crippen molar-refractivity contribution in [2.45, 2.75) is 48.5 Å². The summed E-state index contributed by atoms with van der Waals surface area (Å²) in [5.41, 5.74) is 4.68. The maximum absolute atomic E-state index is 4.92. The number of halogens is 1. The van der Waals surface area contributed by atoms with Gasteiger partial charge in [-0.25, -0.2) is 4.99 Å². The van der Waals surface area contributed by atoms with Crippen molar-refractivity contribution in [3.8, 4) is 0 Å². The van der Waals surface area contributed by atoms with E-state index in [0.717, 1.165) is 26.5 Å². The van der Waals surface area contributed by atoms with E-state index in [2.05, 4.69) is 73.1 Å². The Bertz CT molecular complexity index is 615. The first-order valence-electron chi connectivity index (χ1n) is 8.65. The SMILES string of the molecule is CC.CC.CCSC(=Nc1c(C)cccc1C)c1cccc(Br)c1. The van der Waals surface area contributed by atoms with Crippen LogP contribution in [0.2, 0.25) is 0 Å². The van der Waals surface area contributed by atoms with E-state index in [1.54, 1.807) is 11.8 Å². The van der Waals surface area contributed by atoms with E-state index in [1.165, 1.54) is 11.1 Å². The molecule has 0 heterocycles. The summed E-state index contributed by atoms with van der Waals surface area (Å²) in [7, 11) is 0. The van der Waals surface area contributed by atoms with E-state index in [-0.39, 0.29) is 0 Å². The van der Waals surface area contributed by atoms with Gasteiger partial charge in [0.25, 0.3) is 0 Å². The van der Waals surface area contributed by atoms with Crippen molar-refractivity contribution in [1.29, 1.82) is 0 Å². The van der Waals surface area contributed by atoms with E-state index >= 15 is 0 Å². The van der Waals surface area contributed by atoms with Crippen LogP contribution in [0.3, 0.4) is 0 Å². The fraction of sp³-hybridized carbons (Fsp3) is 0.381. The van der Waals surface area contributed by atoms with E-state index in [1.807, 2.05) is 33.8 Å². The van der Waals surface area contributed by atoms with Crippen molar-refractivity contribution in [2.24, 2.45) is 4.99 Å². The fourth-order valence-corrected chi connectivity index (χ4v) is 3.14. The minimum atomic E-state index is 1.01. The summed E-state index contributed by atoms with van der Waals surface area (Å²) in [6, 6.07) is 14.6. The molecule has 24 heavy (non-hydrogen) atoms. The molecule has 0 N–H and O–H groups in total. The molecule has 0 aromatic heterocycles. The van der Waals surface area contributed by atoms with Gasteiger partial charge in [0.1, 0.15) is 5.04 Å². The zero-order chi connectivity index (χ0) is 18.5. The van der Waals surface area contributed by atoms with Gasteiger partial charge in [0, 0.05) is 10.0 Å². The molecule has 0 bridgehead atoms. The zero-order valence-electron chi connectivity index (χ0n) is 16.0. The Kier molecular flexibility index (Phi) is 12.7. The third-order valence-electron chi connectivity index (χ3n) is 3.01. The first-order valence-corrected chi connectivity index (χ1v) is 10.4. The summed E-state index contributed by atoms with van der Waals surface area (Å²) in [5, 5.41) is 1.08. The lowest BCUT2D eigenvalue weighted by Crippen LogP contribution is -1.97. The molecule has 2 rings (SSSR count). The molecule has 0 aliphatic heterocycles.